The third kappa shape index (κ3) is 5.79. The number of aromatic nitrogens is 2. The number of halogens is 2. The first kappa shape index (κ1) is 23.9. The monoisotopic (exact) mass is 492 g/mol. The van der Waals surface area contributed by atoms with Crippen molar-refractivity contribution in [2.45, 2.75) is 26.7 Å². The van der Waals surface area contributed by atoms with Gasteiger partial charge in [-0.2, -0.15) is 5.10 Å². The molecule has 3 aromatic carbocycles. The number of carbonyl (C=O) groups excluding carboxylic acids is 1. The minimum atomic E-state index is -0.0650. The Labute approximate surface area is 209 Å². The normalized spacial score (nSPS) is 10.8. The first-order valence-corrected chi connectivity index (χ1v) is 12.0. The van der Waals surface area contributed by atoms with Gasteiger partial charge in [0.15, 0.2) is 0 Å². The highest BCUT2D eigenvalue weighted by Crippen LogP contribution is 2.31. The van der Waals surface area contributed by atoms with Crippen LogP contribution < -0.4 is 10.6 Å². The Morgan fingerprint density at radius 3 is 2.26 bits per heavy atom. The molecular weight excluding hydrogens is 467 g/mol. The summed E-state index contributed by atoms with van der Waals surface area (Å²) < 4.78 is 1.84. The van der Waals surface area contributed by atoms with Gasteiger partial charge in [0.1, 0.15) is 5.82 Å². The van der Waals surface area contributed by atoms with Crippen molar-refractivity contribution in [1.29, 1.82) is 0 Å². The van der Waals surface area contributed by atoms with Crippen LogP contribution >= 0.6 is 23.2 Å². The van der Waals surface area contributed by atoms with Crippen molar-refractivity contribution >= 4 is 40.6 Å². The number of hydrogen-bond donors (Lipinski definition) is 2. The van der Waals surface area contributed by atoms with E-state index in [0.717, 1.165) is 41.3 Å². The molecule has 34 heavy (non-hydrogen) atoms. The fourth-order valence-electron chi connectivity index (χ4n) is 3.53. The second-order valence-electron chi connectivity index (χ2n) is 8.13. The zero-order valence-corrected chi connectivity index (χ0v) is 20.6. The summed E-state index contributed by atoms with van der Waals surface area (Å²) in [5.41, 5.74) is 5.11. The van der Waals surface area contributed by atoms with E-state index in [1.54, 1.807) is 6.07 Å². The van der Waals surface area contributed by atoms with E-state index >= 15 is 0 Å². The Morgan fingerprint density at radius 1 is 0.941 bits per heavy atom. The van der Waals surface area contributed by atoms with Crippen LogP contribution in [-0.2, 0) is 0 Å². The molecule has 5 nitrogen and oxygen atoms in total. The lowest BCUT2D eigenvalue weighted by molar-refractivity contribution is 0.0953. The van der Waals surface area contributed by atoms with Gasteiger partial charge in [0, 0.05) is 39.5 Å². The Bertz CT molecular complexity index is 1260. The lowest BCUT2D eigenvalue weighted by Gasteiger charge is -2.11. The van der Waals surface area contributed by atoms with Crippen molar-refractivity contribution in [1.82, 2.24) is 15.1 Å². The van der Waals surface area contributed by atoms with Gasteiger partial charge in [0.05, 0.1) is 11.4 Å². The van der Waals surface area contributed by atoms with Crippen molar-refractivity contribution < 1.29 is 4.79 Å². The summed E-state index contributed by atoms with van der Waals surface area (Å²) in [5, 5.41) is 12.3. The summed E-state index contributed by atoms with van der Waals surface area (Å²) in [5.74, 6) is 0.708. The molecule has 0 bridgehead atoms. The number of unbranched alkanes of at least 4 members (excludes halogenated alkanes) is 1. The molecule has 4 rings (SSSR count). The molecule has 0 aliphatic carbocycles. The van der Waals surface area contributed by atoms with Gasteiger partial charge in [0.2, 0.25) is 0 Å². The number of benzene rings is 3. The van der Waals surface area contributed by atoms with E-state index in [4.69, 9.17) is 28.3 Å². The predicted octanol–water partition coefficient (Wildman–Crippen LogP) is 7.43. The number of anilines is 2. The molecule has 0 unspecified atom stereocenters. The van der Waals surface area contributed by atoms with Crippen LogP contribution in [-0.4, -0.2) is 22.2 Å². The quantitative estimate of drug-likeness (QED) is 0.251. The molecule has 0 aliphatic heterocycles. The zero-order chi connectivity index (χ0) is 24.1. The standard InChI is InChI=1S/C27H26Cl2N4O/c1-3-4-13-30-27(34)19-7-9-23(10-8-19)31-26-17-25(20-14-21(28)16-22(29)15-20)32-33(26)24-11-5-18(2)6-12-24/h5-12,14-17,31H,3-4,13H2,1-2H3,(H,30,34). The number of carbonyl (C=O) groups is 1. The van der Waals surface area contributed by atoms with E-state index in [0.29, 0.717) is 22.2 Å². The van der Waals surface area contributed by atoms with Crippen LogP contribution in [0.3, 0.4) is 0 Å². The first-order chi connectivity index (χ1) is 16.4. The Balaban J connectivity index is 1.64. The highest BCUT2D eigenvalue weighted by atomic mass is 35.5. The van der Waals surface area contributed by atoms with Gasteiger partial charge >= 0.3 is 0 Å². The maximum Gasteiger partial charge on any atom is 0.251 e. The third-order valence-corrected chi connectivity index (χ3v) is 5.82. The van der Waals surface area contributed by atoms with E-state index in [9.17, 15) is 4.79 Å². The number of aryl methyl sites for hydroxylation is 1. The largest absolute Gasteiger partial charge is 0.352 e. The molecule has 1 heterocycles. The summed E-state index contributed by atoms with van der Waals surface area (Å²) in [6, 6.07) is 22.9. The van der Waals surface area contributed by atoms with Gasteiger partial charge in [-0.15, -0.1) is 0 Å². The summed E-state index contributed by atoms with van der Waals surface area (Å²) in [4.78, 5) is 12.3. The molecule has 174 valence electrons. The van der Waals surface area contributed by atoms with Crippen LogP contribution in [0.1, 0.15) is 35.7 Å². The van der Waals surface area contributed by atoms with Gasteiger partial charge < -0.3 is 10.6 Å². The Hall–Kier alpha value is -3.28. The number of rotatable bonds is 8. The van der Waals surface area contributed by atoms with Crippen LogP contribution in [0.5, 0.6) is 0 Å². The Morgan fingerprint density at radius 2 is 1.62 bits per heavy atom. The SMILES string of the molecule is CCCCNC(=O)c1ccc(Nc2cc(-c3cc(Cl)cc(Cl)c3)nn2-c2ccc(C)cc2)cc1. The van der Waals surface area contributed by atoms with Gasteiger partial charge in [-0.3, -0.25) is 4.79 Å². The molecule has 0 saturated heterocycles. The molecule has 0 aliphatic rings. The van der Waals surface area contributed by atoms with Crippen molar-refractivity contribution in [2.24, 2.45) is 0 Å². The number of nitrogens with zero attached hydrogens (tertiary/aromatic N) is 2. The lowest BCUT2D eigenvalue weighted by Crippen LogP contribution is -2.24. The summed E-state index contributed by atoms with van der Waals surface area (Å²) >= 11 is 12.4. The van der Waals surface area contributed by atoms with E-state index < -0.39 is 0 Å². The first-order valence-electron chi connectivity index (χ1n) is 11.2. The molecule has 1 amide bonds. The second-order valence-corrected chi connectivity index (χ2v) is 9.00. The van der Waals surface area contributed by atoms with Gasteiger partial charge in [-0.1, -0.05) is 54.2 Å². The molecule has 0 saturated carbocycles. The second kappa shape index (κ2) is 10.8. The van der Waals surface area contributed by atoms with Crippen molar-refractivity contribution in [3.05, 3.63) is 94.0 Å². The van der Waals surface area contributed by atoms with Crippen LogP contribution in [0.4, 0.5) is 11.5 Å². The maximum atomic E-state index is 12.3. The highest BCUT2D eigenvalue weighted by Gasteiger charge is 2.13. The summed E-state index contributed by atoms with van der Waals surface area (Å²) in [7, 11) is 0. The number of nitrogens with one attached hydrogen (secondary N) is 2. The minimum absolute atomic E-state index is 0.0650. The maximum absolute atomic E-state index is 12.3. The van der Waals surface area contributed by atoms with E-state index in [2.05, 4.69) is 17.6 Å². The molecule has 0 radical (unpaired) electrons. The number of amides is 1. The molecule has 1 aromatic heterocycles. The highest BCUT2D eigenvalue weighted by molar-refractivity contribution is 6.35. The third-order valence-electron chi connectivity index (χ3n) is 5.38. The van der Waals surface area contributed by atoms with Crippen LogP contribution in [0, 0.1) is 6.92 Å². The van der Waals surface area contributed by atoms with Crippen molar-refractivity contribution in [3.8, 4) is 16.9 Å². The van der Waals surface area contributed by atoms with Gasteiger partial charge in [-0.25, -0.2) is 4.68 Å². The topological polar surface area (TPSA) is 59.0 Å². The molecular formula is C27H26Cl2N4O. The van der Waals surface area contributed by atoms with Crippen molar-refractivity contribution in [3.63, 3.8) is 0 Å². The van der Waals surface area contributed by atoms with Crippen LogP contribution in [0.2, 0.25) is 10.0 Å². The molecule has 2 N–H and O–H groups in total. The lowest BCUT2D eigenvalue weighted by atomic mass is 10.1. The molecule has 0 fully saturated rings. The fourth-order valence-corrected chi connectivity index (χ4v) is 4.06. The van der Waals surface area contributed by atoms with Crippen molar-refractivity contribution in [2.75, 3.05) is 11.9 Å². The zero-order valence-electron chi connectivity index (χ0n) is 19.1. The molecule has 7 heteroatoms. The Kier molecular flexibility index (Phi) is 7.56. The summed E-state index contributed by atoms with van der Waals surface area (Å²) in [6.07, 6.45) is 2.01. The smallest absolute Gasteiger partial charge is 0.251 e. The molecule has 4 aromatic rings. The van der Waals surface area contributed by atoms with E-state index in [1.807, 2.05) is 78.3 Å². The average Bonchev–Trinajstić information content (AvgIpc) is 3.23. The average molecular weight is 493 g/mol. The summed E-state index contributed by atoms with van der Waals surface area (Å²) in [6.45, 7) is 4.83. The van der Waals surface area contributed by atoms with Crippen LogP contribution in [0.15, 0.2) is 72.8 Å². The van der Waals surface area contributed by atoms with E-state index in [-0.39, 0.29) is 5.91 Å². The van der Waals surface area contributed by atoms with Gasteiger partial charge in [-0.05, 0) is 67.9 Å². The number of hydrogen-bond acceptors (Lipinski definition) is 3. The minimum Gasteiger partial charge on any atom is -0.352 e. The van der Waals surface area contributed by atoms with Gasteiger partial charge in [0.25, 0.3) is 5.91 Å². The predicted molar refractivity (Wildman–Crippen MR) is 141 cm³/mol. The molecule has 0 atom stereocenters. The van der Waals surface area contributed by atoms with Crippen LogP contribution in [0.25, 0.3) is 16.9 Å². The fraction of sp³-hybridized carbons (Fsp3) is 0.185. The molecule has 0 spiro atoms. The van der Waals surface area contributed by atoms with E-state index in [1.165, 1.54) is 5.56 Å².